The Kier molecular flexibility index (Phi) is 5.34. The summed E-state index contributed by atoms with van der Waals surface area (Å²) in [6.07, 6.45) is 0.140. The first kappa shape index (κ1) is 17.1. The van der Waals surface area contributed by atoms with E-state index in [2.05, 4.69) is 10.6 Å². The Hall–Kier alpha value is -1.27. The average molecular weight is 326 g/mol. The fourth-order valence-corrected chi connectivity index (χ4v) is 3.33. The summed E-state index contributed by atoms with van der Waals surface area (Å²) in [6.45, 7) is 5.92. The van der Waals surface area contributed by atoms with Crippen molar-refractivity contribution in [2.24, 2.45) is 5.41 Å². The molecule has 0 spiro atoms. The van der Waals surface area contributed by atoms with Crippen LogP contribution in [0.3, 0.4) is 0 Å². The number of nitrogens with one attached hydrogen (secondary N) is 2. The van der Waals surface area contributed by atoms with E-state index in [0.29, 0.717) is 0 Å². The lowest BCUT2D eigenvalue weighted by atomic mass is 9.89. The molecule has 0 bridgehead atoms. The molecular weight excluding hydrogens is 303 g/mol. The minimum Gasteiger partial charge on any atom is -0.391 e. The average Bonchev–Trinajstić information content (AvgIpc) is 2.44. The van der Waals surface area contributed by atoms with Crippen LogP contribution in [0.1, 0.15) is 38.8 Å². The normalized spacial score (nSPS) is 19.2. The van der Waals surface area contributed by atoms with Gasteiger partial charge in [0.1, 0.15) is 5.82 Å². The molecule has 0 saturated heterocycles. The van der Waals surface area contributed by atoms with Crippen molar-refractivity contribution in [3.63, 3.8) is 0 Å². The molecule has 0 radical (unpaired) electrons. The van der Waals surface area contributed by atoms with E-state index in [9.17, 15) is 14.3 Å². The van der Waals surface area contributed by atoms with Crippen LogP contribution in [0.4, 0.5) is 9.18 Å². The number of hydrogen-bond acceptors (Lipinski definition) is 3. The van der Waals surface area contributed by atoms with Gasteiger partial charge in [0.15, 0.2) is 0 Å². The second-order valence-corrected chi connectivity index (χ2v) is 7.74. The Morgan fingerprint density at radius 2 is 2.23 bits per heavy atom. The van der Waals surface area contributed by atoms with Gasteiger partial charge in [0.05, 0.1) is 12.1 Å². The number of carbonyl (C=O) groups is 1. The summed E-state index contributed by atoms with van der Waals surface area (Å²) in [4.78, 5) is 13.0. The maximum Gasteiger partial charge on any atom is 0.315 e. The molecule has 2 unspecified atom stereocenters. The molecule has 2 rings (SSSR count). The van der Waals surface area contributed by atoms with Crippen LogP contribution in [0.2, 0.25) is 0 Å². The Bertz CT molecular complexity index is 545. The maximum absolute atomic E-state index is 13.4. The SMILES string of the molecule is CC(C)(C)C(O)CNC(=O)NC1CCSc2ccc(F)cc21. The van der Waals surface area contributed by atoms with Gasteiger partial charge in [-0.15, -0.1) is 11.8 Å². The van der Waals surface area contributed by atoms with E-state index >= 15 is 0 Å². The van der Waals surface area contributed by atoms with Gasteiger partial charge in [0, 0.05) is 17.2 Å². The summed E-state index contributed by atoms with van der Waals surface area (Å²) in [5.74, 6) is 0.588. The van der Waals surface area contributed by atoms with Gasteiger partial charge in [-0.1, -0.05) is 20.8 Å². The van der Waals surface area contributed by atoms with Gasteiger partial charge in [0.25, 0.3) is 0 Å². The molecule has 1 aliphatic rings. The molecule has 6 heteroatoms. The van der Waals surface area contributed by atoms with Crippen LogP contribution in [0.25, 0.3) is 0 Å². The quantitative estimate of drug-likeness (QED) is 0.800. The van der Waals surface area contributed by atoms with E-state index in [-0.39, 0.29) is 29.8 Å². The number of aliphatic hydroxyl groups excluding tert-OH is 1. The van der Waals surface area contributed by atoms with E-state index < -0.39 is 6.10 Å². The molecule has 22 heavy (non-hydrogen) atoms. The van der Waals surface area contributed by atoms with Crippen LogP contribution in [0.5, 0.6) is 0 Å². The lowest BCUT2D eigenvalue weighted by Crippen LogP contribution is -2.45. The van der Waals surface area contributed by atoms with E-state index in [1.807, 2.05) is 20.8 Å². The molecule has 0 fully saturated rings. The third kappa shape index (κ3) is 4.36. The highest BCUT2D eigenvalue weighted by molar-refractivity contribution is 7.99. The van der Waals surface area contributed by atoms with Crippen molar-refractivity contribution in [1.82, 2.24) is 10.6 Å². The van der Waals surface area contributed by atoms with Crippen molar-refractivity contribution >= 4 is 17.8 Å². The number of fused-ring (bicyclic) bond motifs is 1. The van der Waals surface area contributed by atoms with Crippen LogP contribution >= 0.6 is 11.8 Å². The lowest BCUT2D eigenvalue weighted by molar-refractivity contribution is 0.0649. The van der Waals surface area contributed by atoms with E-state index in [4.69, 9.17) is 0 Å². The largest absolute Gasteiger partial charge is 0.391 e. The van der Waals surface area contributed by atoms with Gasteiger partial charge in [-0.3, -0.25) is 0 Å². The van der Waals surface area contributed by atoms with Crippen LogP contribution in [-0.2, 0) is 0 Å². The van der Waals surface area contributed by atoms with Crippen LogP contribution < -0.4 is 10.6 Å². The number of thioether (sulfide) groups is 1. The summed E-state index contributed by atoms with van der Waals surface area (Å²) in [5.41, 5.74) is 0.535. The first-order valence-corrected chi connectivity index (χ1v) is 8.40. The number of carbonyl (C=O) groups excluding carboxylic acids is 1. The molecule has 1 heterocycles. The van der Waals surface area contributed by atoms with Crippen LogP contribution in [0, 0.1) is 11.2 Å². The Morgan fingerprint density at radius 3 is 2.91 bits per heavy atom. The number of aliphatic hydroxyl groups is 1. The number of urea groups is 1. The number of halogens is 1. The van der Waals surface area contributed by atoms with Gasteiger partial charge < -0.3 is 15.7 Å². The Labute approximate surface area is 134 Å². The minimum atomic E-state index is -0.620. The van der Waals surface area contributed by atoms with Gasteiger partial charge in [-0.2, -0.15) is 0 Å². The summed E-state index contributed by atoms with van der Waals surface area (Å²) in [7, 11) is 0. The fraction of sp³-hybridized carbons (Fsp3) is 0.562. The summed E-state index contributed by atoms with van der Waals surface area (Å²) < 4.78 is 13.4. The number of hydrogen-bond donors (Lipinski definition) is 3. The summed E-state index contributed by atoms with van der Waals surface area (Å²) in [6, 6.07) is 4.14. The molecule has 1 aromatic carbocycles. The highest BCUT2D eigenvalue weighted by Gasteiger charge is 2.25. The predicted octanol–water partition coefficient (Wildman–Crippen LogP) is 3.07. The third-order valence-corrected chi connectivity index (χ3v) is 4.89. The van der Waals surface area contributed by atoms with Crippen molar-refractivity contribution in [2.75, 3.05) is 12.3 Å². The minimum absolute atomic E-state index is 0.187. The van der Waals surface area contributed by atoms with E-state index in [1.54, 1.807) is 17.8 Å². The Balaban J connectivity index is 1.95. The molecule has 3 N–H and O–H groups in total. The van der Waals surface area contributed by atoms with Crippen molar-refractivity contribution in [3.05, 3.63) is 29.6 Å². The zero-order valence-electron chi connectivity index (χ0n) is 13.1. The third-order valence-electron chi connectivity index (χ3n) is 3.77. The lowest BCUT2D eigenvalue weighted by Gasteiger charge is -2.28. The highest BCUT2D eigenvalue weighted by atomic mass is 32.2. The second kappa shape index (κ2) is 6.87. The topological polar surface area (TPSA) is 61.4 Å². The molecule has 4 nitrogen and oxygen atoms in total. The van der Waals surface area contributed by atoms with Crippen LogP contribution in [0.15, 0.2) is 23.1 Å². The first-order valence-electron chi connectivity index (χ1n) is 7.42. The van der Waals surface area contributed by atoms with E-state index in [1.165, 1.54) is 12.1 Å². The maximum atomic E-state index is 13.4. The van der Waals surface area contributed by atoms with Gasteiger partial charge in [0.2, 0.25) is 0 Å². The highest BCUT2D eigenvalue weighted by Crippen LogP contribution is 2.36. The second-order valence-electron chi connectivity index (χ2n) is 6.61. The fourth-order valence-electron chi connectivity index (χ4n) is 2.22. The predicted molar refractivity (Wildman–Crippen MR) is 86.5 cm³/mol. The number of amides is 2. The van der Waals surface area contributed by atoms with Gasteiger partial charge in [-0.25, -0.2) is 9.18 Å². The molecule has 2 atom stereocenters. The van der Waals surface area contributed by atoms with Crippen LogP contribution in [-0.4, -0.2) is 29.5 Å². The molecule has 0 aromatic heterocycles. The molecule has 0 aliphatic carbocycles. The van der Waals surface area contributed by atoms with Crippen molar-refractivity contribution in [3.8, 4) is 0 Å². The van der Waals surface area contributed by atoms with Gasteiger partial charge >= 0.3 is 6.03 Å². The zero-order chi connectivity index (χ0) is 16.3. The van der Waals surface area contributed by atoms with Crippen molar-refractivity contribution in [1.29, 1.82) is 0 Å². The molecule has 0 saturated carbocycles. The molecule has 1 aliphatic heterocycles. The van der Waals surface area contributed by atoms with Gasteiger partial charge in [-0.05, 0) is 35.6 Å². The molecule has 1 aromatic rings. The van der Waals surface area contributed by atoms with E-state index in [0.717, 1.165) is 22.6 Å². The summed E-state index contributed by atoms with van der Waals surface area (Å²) in [5, 5.41) is 15.5. The van der Waals surface area contributed by atoms with Crippen molar-refractivity contribution < 1.29 is 14.3 Å². The molecule has 122 valence electrons. The number of benzene rings is 1. The first-order chi connectivity index (χ1) is 10.3. The number of rotatable bonds is 3. The zero-order valence-corrected chi connectivity index (χ0v) is 14.0. The monoisotopic (exact) mass is 326 g/mol. The van der Waals surface area contributed by atoms with Crippen molar-refractivity contribution in [2.45, 2.75) is 44.2 Å². The standard InChI is InChI=1S/C16H23FN2O2S/c1-16(2,3)14(20)9-18-15(21)19-12-6-7-22-13-5-4-10(17)8-11(12)13/h4-5,8,12,14,20H,6-7,9H2,1-3H3,(H2,18,19,21). The molecular formula is C16H23FN2O2S. The smallest absolute Gasteiger partial charge is 0.315 e. The Morgan fingerprint density at radius 1 is 1.50 bits per heavy atom. The molecule has 2 amide bonds. The summed E-state index contributed by atoms with van der Waals surface area (Å²) >= 11 is 1.67.